The Bertz CT molecular complexity index is 1150. The Labute approximate surface area is 172 Å². The first kappa shape index (κ1) is 19.1. The van der Waals surface area contributed by atoms with Crippen molar-refractivity contribution in [3.05, 3.63) is 75.5 Å². The SMILES string of the molecule is COc1ccccc1CN(Cc1cccs1)C(=O)c1nc2nc(C)cc(C)n2n1. The number of thiophene rings is 1. The number of methoxy groups -OCH3 is 1. The third-order valence-corrected chi connectivity index (χ3v) is 5.44. The third kappa shape index (κ3) is 3.97. The number of fused-ring (bicyclic) bond motifs is 1. The lowest BCUT2D eigenvalue weighted by atomic mass is 10.2. The first-order valence-corrected chi connectivity index (χ1v) is 10.1. The molecule has 1 amide bonds. The number of aromatic nitrogens is 4. The van der Waals surface area contributed by atoms with Gasteiger partial charge in [-0.3, -0.25) is 4.79 Å². The molecule has 4 rings (SSSR count). The summed E-state index contributed by atoms with van der Waals surface area (Å²) in [6.07, 6.45) is 0. The molecule has 8 heteroatoms. The van der Waals surface area contributed by atoms with Crippen molar-refractivity contribution in [1.82, 2.24) is 24.5 Å². The summed E-state index contributed by atoms with van der Waals surface area (Å²) in [5.74, 6) is 1.07. The van der Waals surface area contributed by atoms with Crippen LogP contribution in [0.25, 0.3) is 5.78 Å². The van der Waals surface area contributed by atoms with Crippen LogP contribution in [-0.2, 0) is 13.1 Å². The van der Waals surface area contributed by atoms with E-state index in [0.717, 1.165) is 27.6 Å². The van der Waals surface area contributed by atoms with Crippen LogP contribution in [0.4, 0.5) is 0 Å². The molecule has 0 saturated carbocycles. The fourth-order valence-corrected chi connectivity index (χ4v) is 3.95. The molecule has 0 N–H and O–H groups in total. The summed E-state index contributed by atoms with van der Waals surface area (Å²) >= 11 is 1.61. The summed E-state index contributed by atoms with van der Waals surface area (Å²) in [5, 5.41) is 6.41. The van der Waals surface area contributed by atoms with Crippen LogP contribution in [0.5, 0.6) is 5.75 Å². The molecule has 0 bridgehead atoms. The molecule has 4 aromatic rings. The van der Waals surface area contributed by atoms with Crippen molar-refractivity contribution in [2.75, 3.05) is 7.11 Å². The second-order valence-electron chi connectivity index (χ2n) is 6.74. The van der Waals surface area contributed by atoms with Crippen LogP contribution in [0.3, 0.4) is 0 Å². The Morgan fingerprint density at radius 1 is 1.14 bits per heavy atom. The number of carbonyl (C=O) groups excluding carboxylic acids is 1. The van der Waals surface area contributed by atoms with Gasteiger partial charge in [-0.25, -0.2) is 9.50 Å². The lowest BCUT2D eigenvalue weighted by Crippen LogP contribution is -2.31. The largest absolute Gasteiger partial charge is 0.496 e. The van der Waals surface area contributed by atoms with Crippen molar-refractivity contribution in [2.45, 2.75) is 26.9 Å². The first-order valence-electron chi connectivity index (χ1n) is 9.19. The van der Waals surface area contributed by atoms with Gasteiger partial charge in [-0.15, -0.1) is 16.4 Å². The van der Waals surface area contributed by atoms with Crippen molar-refractivity contribution < 1.29 is 9.53 Å². The second-order valence-corrected chi connectivity index (χ2v) is 7.77. The van der Waals surface area contributed by atoms with E-state index in [0.29, 0.717) is 18.9 Å². The summed E-state index contributed by atoms with van der Waals surface area (Å²) in [5.41, 5.74) is 2.65. The Hall–Kier alpha value is -3.26. The smallest absolute Gasteiger partial charge is 0.294 e. The molecular weight excluding hydrogens is 386 g/mol. The van der Waals surface area contributed by atoms with E-state index in [-0.39, 0.29) is 11.7 Å². The molecule has 3 heterocycles. The highest BCUT2D eigenvalue weighted by molar-refractivity contribution is 7.09. The Kier molecular flexibility index (Phi) is 5.26. The minimum absolute atomic E-state index is 0.137. The number of aryl methyl sites for hydroxylation is 2. The predicted octanol–water partition coefficient (Wildman–Crippen LogP) is 3.65. The van der Waals surface area contributed by atoms with Gasteiger partial charge in [0.1, 0.15) is 5.75 Å². The average Bonchev–Trinajstić information content (AvgIpc) is 3.37. The number of hydrogen-bond donors (Lipinski definition) is 0. The quantitative estimate of drug-likeness (QED) is 0.488. The minimum Gasteiger partial charge on any atom is -0.496 e. The highest BCUT2D eigenvalue weighted by Gasteiger charge is 2.23. The van der Waals surface area contributed by atoms with E-state index >= 15 is 0 Å². The lowest BCUT2D eigenvalue weighted by Gasteiger charge is -2.22. The van der Waals surface area contributed by atoms with E-state index in [1.807, 2.05) is 61.7 Å². The zero-order valence-corrected chi connectivity index (χ0v) is 17.3. The van der Waals surface area contributed by atoms with Crippen molar-refractivity contribution in [2.24, 2.45) is 0 Å². The maximum atomic E-state index is 13.4. The monoisotopic (exact) mass is 407 g/mol. The molecule has 3 aromatic heterocycles. The van der Waals surface area contributed by atoms with Crippen molar-refractivity contribution in [1.29, 1.82) is 0 Å². The molecule has 148 valence electrons. The summed E-state index contributed by atoms with van der Waals surface area (Å²) in [6.45, 7) is 4.67. The van der Waals surface area contributed by atoms with Gasteiger partial charge in [0.05, 0.1) is 20.2 Å². The van der Waals surface area contributed by atoms with Crippen LogP contribution in [0, 0.1) is 13.8 Å². The molecule has 0 saturated heterocycles. The highest BCUT2D eigenvalue weighted by atomic mass is 32.1. The molecule has 7 nitrogen and oxygen atoms in total. The molecular formula is C21H21N5O2S. The number of nitrogens with zero attached hydrogens (tertiary/aromatic N) is 5. The zero-order valence-electron chi connectivity index (χ0n) is 16.5. The molecule has 0 aliphatic carbocycles. The molecule has 0 aliphatic heterocycles. The minimum atomic E-state index is -0.244. The Morgan fingerprint density at radius 2 is 1.97 bits per heavy atom. The normalized spacial score (nSPS) is 11.0. The first-order chi connectivity index (χ1) is 14.0. The summed E-state index contributed by atoms with van der Waals surface area (Å²) in [7, 11) is 1.63. The van der Waals surface area contributed by atoms with E-state index in [1.165, 1.54) is 0 Å². The summed E-state index contributed by atoms with van der Waals surface area (Å²) in [6, 6.07) is 13.6. The van der Waals surface area contributed by atoms with Crippen LogP contribution in [0.1, 0.15) is 32.4 Å². The standard InChI is InChI=1S/C21H21N5O2S/c1-14-11-15(2)26-21(22-14)23-19(24-26)20(27)25(13-17-8-6-10-29-17)12-16-7-4-5-9-18(16)28-3/h4-11H,12-13H2,1-3H3. The lowest BCUT2D eigenvalue weighted by molar-refractivity contribution is 0.0718. The predicted molar refractivity (Wildman–Crippen MR) is 111 cm³/mol. The van der Waals surface area contributed by atoms with Gasteiger partial charge in [0.25, 0.3) is 11.7 Å². The molecule has 0 aliphatic rings. The molecule has 0 spiro atoms. The highest BCUT2D eigenvalue weighted by Crippen LogP contribution is 2.22. The molecule has 29 heavy (non-hydrogen) atoms. The maximum absolute atomic E-state index is 13.4. The van der Waals surface area contributed by atoms with Crippen LogP contribution in [-0.4, -0.2) is 37.5 Å². The van der Waals surface area contributed by atoms with Crippen LogP contribution < -0.4 is 4.74 Å². The van der Waals surface area contributed by atoms with Crippen molar-refractivity contribution in [3.63, 3.8) is 0 Å². The van der Waals surface area contributed by atoms with Gasteiger partial charge >= 0.3 is 0 Å². The Morgan fingerprint density at radius 3 is 2.72 bits per heavy atom. The molecule has 0 atom stereocenters. The third-order valence-electron chi connectivity index (χ3n) is 4.58. The van der Waals surface area contributed by atoms with Gasteiger partial charge in [-0.2, -0.15) is 4.98 Å². The number of rotatable bonds is 6. The molecule has 0 fully saturated rings. The molecule has 0 unspecified atom stereocenters. The van der Waals surface area contributed by atoms with E-state index in [2.05, 4.69) is 15.1 Å². The number of amides is 1. The van der Waals surface area contributed by atoms with Gasteiger partial charge in [0.2, 0.25) is 5.82 Å². The zero-order chi connectivity index (χ0) is 20.4. The van der Waals surface area contributed by atoms with Crippen LogP contribution in [0.2, 0.25) is 0 Å². The Balaban J connectivity index is 1.70. The van der Waals surface area contributed by atoms with Crippen molar-refractivity contribution >= 4 is 23.0 Å². The van der Waals surface area contributed by atoms with Crippen LogP contribution >= 0.6 is 11.3 Å². The summed E-state index contributed by atoms with van der Waals surface area (Å²) in [4.78, 5) is 25.0. The maximum Gasteiger partial charge on any atom is 0.294 e. The number of para-hydroxylation sites is 1. The van der Waals surface area contributed by atoms with Crippen molar-refractivity contribution in [3.8, 4) is 5.75 Å². The van der Waals surface area contributed by atoms with E-state index in [4.69, 9.17) is 4.74 Å². The topological polar surface area (TPSA) is 72.6 Å². The number of hydrogen-bond acceptors (Lipinski definition) is 6. The van der Waals surface area contributed by atoms with E-state index < -0.39 is 0 Å². The van der Waals surface area contributed by atoms with Gasteiger partial charge in [-0.1, -0.05) is 24.3 Å². The van der Waals surface area contributed by atoms with Gasteiger partial charge in [-0.05, 0) is 37.4 Å². The van der Waals surface area contributed by atoms with Crippen LogP contribution in [0.15, 0.2) is 47.8 Å². The van der Waals surface area contributed by atoms with Gasteiger partial charge in [0, 0.05) is 21.8 Å². The number of benzene rings is 1. The van der Waals surface area contributed by atoms with Gasteiger partial charge in [0.15, 0.2) is 0 Å². The average molecular weight is 407 g/mol. The second kappa shape index (κ2) is 8.00. The molecule has 0 radical (unpaired) electrons. The fraction of sp³-hybridized carbons (Fsp3) is 0.238. The number of ether oxygens (including phenoxy) is 1. The van der Waals surface area contributed by atoms with Gasteiger partial charge < -0.3 is 9.64 Å². The fourth-order valence-electron chi connectivity index (χ4n) is 3.23. The van der Waals surface area contributed by atoms with E-state index in [9.17, 15) is 4.79 Å². The summed E-state index contributed by atoms with van der Waals surface area (Å²) < 4.78 is 7.07. The molecule has 1 aromatic carbocycles. The van der Waals surface area contributed by atoms with E-state index in [1.54, 1.807) is 27.9 Å². The number of carbonyl (C=O) groups is 1.